The van der Waals surface area contributed by atoms with Gasteiger partial charge >= 0.3 is 6.03 Å². The molecule has 1 aromatic heterocycles. The zero-order chi connectivity index (χ0) is 22.8. The zero-order valence-electron chi connectivity index (χ0n) is 19.4. The Morgan fingerprint density at radius 1 is 1.09 bits per heavy atom. The number of carbonyl (C=O) groups is 1. The van der Waals surface area contributed by atoms with E-state index in [1.54, 1.807) is 22.6 Å². The Bertz CT molecular complexity index is 1190. The number of nitrogens with one attached hydrogen (secondary N) is 1. The van der Waals surface area contributed by atoms with Gasteiger partial charge in [-0.3, -0.25) is 9.36 Å². The largest absolute Gasteiger partial charge is 0.335 e. The van der Waals surface area contributed by atoms with Crippen LogP contribution in [0.4, 0.5) is 4.79 Å². The van der Waals surface area contributed by atoms with E-state index in [2.05, 4.69) is 5.32 Å². The number of aryl methyl sites for hydroxylation is 2. The number of rotatable bonds is 4. The van der Waals surface area contributed by atoms with Crippen LogP contribution in [-0.4, -0.2) is 33.6 Å². The van der Waals surface area contributed by atoms with Crippen molar-refractivity contribution in [3.63, 3.8) is 0 Å². The number of amides is 2. The first-order valence-electron chi connectivity index (χ1n) is 11.5. The van der Waals surface area contributed by atoms with Gasteiger partial charge in [-0.05, 0) is 69.0 Å². The number of hydrogen-bond acceptors (Lipinski definition) is 3. The highest BCUT2D eigenvalue weighted by Crippen LogP contribution is 2.24. The van der Waals surface area contributed by atoms with Gasteiger partial charge in [-0.25, -0.2) is 9.78 Å². The molecule has 0 spiro atoms. The Labute approximate surface area is 189 Å². The molecule has 2 aromatic carbocycles. The van der Waals surface area contributed by atoms with E-state index in [0.29, 0.717) is 16.7 Å². The minimum atomic E-state index is -0.391. The van der Waals surface area contributed by atoms with Crippen LogP contribution in [-0.2, 0) is 0 Å². The molecule has 6 heteroatoms. The number of carbonyl (C=O) groups excluding carboxylic acids is 1. The number of aromatic nitrogens is 2. The Balaban J connectivity index is 1.76. The Morgan fingerprint density at radius 2 is 1.81 bits per heavy atom. The summed E-state index contributed by atoms with van der Waals surface area (Å²) in [6.07, 6.45) is 5.60. The van der Waals surface area contributed by atoms with E-state index in [0.717, 1.165) is 42.5 Å². The lowest BCUT2D eigenvalue weighted by molar-refractivity contribution is 0.184. The number of para-hydroxylation sites is 1. The molecule has 0 saturated heterocycles. The molecule has 1 atom stereocenters. The van der Waals surface area contributed by atoms with E-state index >= 15 is 0 Å². The minimum Gasteiger partial charge on any atom is -0.335 e. The van der Waals surface area contributed by atoms with Gasteiger partial charge in [-0.15, -0.1) is 0 Å². The Hall–Kier alpha value is -3.15. The molecular weight excluding hydrogens is 400 g/mol. The molecule has 0 radical (unpaired) electrons. The van der Waals surface area contributed by atoms with Crippen LogP contribution in [0.2, 0.25) is 0 Å². The first kappa shape index (κ1) is 22.1. The van der Waals surface area contributed by atoms with Crippen molar-refractivity contribution in [1.29, 1.82) is 0 Å². The highest BCUT2D eigenvalue weighted by Gasteiger charge is 2.26. The van der Waals surface area contributed by atoms with Crippen molar-refractivity contribution in [1.82, 2.24) is 19.8 Å². The minimum absolute atomic E-state index is 0.123. The van der Waals surface area contributed by atoms with Crippen molar-refractivity contribution in [2.45, 2.75) is 65.0 Å². The fourth-order valence-corrected chi connectivity index (χ4v) is 4.42. The molecule has 1 N–H and O–H groups in total. The maximum atomic E-state index is 13.6. The van der Waals surface area contributed by atoms with Crippen molar-refractivity contribution in [2.75, 3.05) is 7.05 Å². The highest BCUT2D eigenvalue weighted by atomic mass is 16.2. The van der Waals surface area contributed by atoms with E-state index in [1.807, 2.05) is 57.2 Å². The summed E-state index contributed by atoms with van der Waals surface area (Å²) in [6, 6.07) is 13.0. The van der Waals surface area contributed by atoms with Crippen LogP contribution in [0, 0.1) is 13.8 Å². The van der Waals surface area contributed by atoms with Crippen molar-refractivity contribution in [2.24, 2.45) is 0 Å². The fourth-order valence-electron chi connectivity index (χ4n) is 4.42. The summed E-state index contributed by atoms with van der Waals surface area (Å²) < 4.78 is 1.66. The lowest BCUT2D eigenvalue weighted by Gasteiger charge is -2.30. The zero-order valence-corrected chi connectivity index (χ0v) is 19.4. The fraction of sp³-hybridized carbons (Fsp3) is 0.423. The highest BCUT2D eigenvalue weighted by molar-refractivity contribution is 5.78. The van der Waals surface area contributed by atoms with Crippen molar-refractivity contribution >= 4 is 16.9 Å². The number of fused-ring (bicyclic) bond motifs is 1. The van der Waals surface area contributed by atoms with E-state index in [4.69, 9.17) is 4.98 Å². The predicted octanol–water partition coefficient (Wildman–Crippen LogP) is 5.04. The average Bonchev–Trinajstić information content (AvgIpc) is 2.80. The molecule has 1 unspecified atom stereocenters. The second kappa shape index (κ2) is 9.15. The van der Waals surface area contributed by atoms with Crippen LogP contribution in [0.25, 0.3) is 16.6 Å². The van der Waals surface area contributed by atoms with Gasteiger partial charge in [0.05, 0.1) is 22.6 Å². The van der Waals surface area contributed by atoms with E-state index in [9.17, 15) is 9.59 Å². The van der Waals surface area contributed by atoms with Gasteiger partial charge in [0.25, 0.3) is 5.56 Å². The lowest BCUT2D eigenvalue weighted by Crippen LogP contribution is -2.45. The number of benzene rings is 2. The maximum absolute atomic E-state index is 13.6. The second-order valence-corrected chi connectivity index (χ2v) is 8.97. The molecule has 2 amide bonds. The smallest absolute Gasteiger partial charge is 0.317 e. The predicted molar refractivity (Wildman–Crippen MR) is 128 cm³/mol. The summed E-state index contributed by atoms with van der Waals surface area (Å²) in [6.45, 7) is 6.01. The van der Waals surface area contributed by atoms with Crippen LogP contribution < -0.4 is 10.9 Å². The summed E-state index contributed by atoms with van der Waals surface area (Å²) in [5, 5.41) is 3.73. The van der Waals surface area contributed by atoms with Gasteiger partial charge in [-0.2, -0.15) is 0 Å². The van der Waals surface area contributed by atoms with E-state index < -0.39 is 6.04 Å². The first-order valence-corrected chi connectivity index (χ1v) is 11.5. The molecule has 0 bridgehead atoms. The summed E-state index contributed by atoms with van der Waals surface area (Å²) in [5.74, 6) is 0.554. The van der Waals surface area contributed by atoms with Crippen LogP contribution in [0.5, 0.6) is 0 Å². The van der Waals surface area contributed by atoms with Crippen LogP contribution in [0.3, 0.4) is 0 Å². The van der Waals surface area contributed by atoms with Gasteiger partial charge in [0.2, 0.25) is 0 Å². The lowest BCUT2D eigenvalue weighted by atomic mass is 9.96. The third-order valence-electron chi connectivity index (χ3n) is 6.76. The van der Waals surface area contributed by atoms with E-state index in [1.165, 1.54) is 6.42 Å². The summed E-state index contributed by atoms with van der Waals surface area (Å²) in [5.41, 5.74) is 3.54. The van der Waals surface area contributed by atoms with Gasteiger partial charge < -0.3 is 10.2 Å². The molecule has 168 valence electrons. The van der Waals surface area contributed by atoms with Gasteiger partial charge in [0, 0.05) is 13.1 Å². The van der Waals surface area contributed by atoms with Crippen molar-refractivity contribution in [3.05, 3.63) is 69.8 Å². The third kappa shape index (κ3) is 4.27. The molecule has 0 aliphatic heterocycles. The molecule has 1 fully saturated rings. The van der Waals surface area contributed by atoms with Gasteiger partial charge in [-0.1, -0.05) is 37.5 Å². The van der Waals surface area contributed by atoms with Crippen molar-refractivity contribution in [3.8, 4) is 5.69 Å². The molecule has 4 rings (SSSR count). The quantitative estimate of drug-likeness (QED) is 0.628. The number of nitrogens with zero attached hydrogens (tertiary/aromatic N) is 3. The normalized spacial score (nSPS) is 15.5. The summed E-state index contributed by atoms with van der Waals surface area (Å²) >= 11 is 0. The number of hydrogen-bond donors (Lipinski definition) is 1. The molecule has 32 heavy (non-hydrogen) atoms. The Morgan fingerprint density at radius 3 is 2.53 bits per heavy atom. The second-order valence-electron chi connectivity index (χ2n) is 8.97. The third-order valence-corrected chi connectivity index (χ3v) is 6.76. The maximum Gasteiger partial charge on any atom is 0.317 e. The molecular formula is C26H32N4O2. The van der Waals surface area contributed by atoms with Crippen LogP contribution >= 0.6 is 0 Å². The van der Waals surface area contributed by atoms with Gasteiger partial charge in [0.15, 0.2) is 0 Å². The summed E-state index contributed by atoms with van der Waals surface area (Å²) in [7, 11) is 1.77. The molecule has 1 saturated carbocycles. The Kier molecular flexibility index (Phi) is 6.31. The SMILES string of the molecule is Cc1ccc(-n2c(C(C)N(C)C(=O)NC3CCCCC3)nc3ccccc3c2=O)cc1C. The van der Waals surface area contributed by atoms with Crippen LogP contribution in [0.1, 0.15) is 62.0 Å². The molecule has 3 aromatic rings. The first-order chi connectivity index (χ1) is 15.4. The van der Waals surface area contributed by atoms with Gasteiger partial charge in [0.1, 0.15) is 5.82 Å². The molecule has 1 heterocycles. The monoisotopic (exact) mass is 432 g/mol. The molecule has 6 nitrogen and oxygen atoms in total. The topological polar surface area (TPSA) is 67.2 Å². The van der Waals surface area contributed by atoms with Crippen molar-refractivity contribution < 1.29 is 4.79 Å². The van der Waals surface area contributed by atoms with E-state index in [-0.39, 0.29) is 17.6 Å². The molecule has 1 aliphatic rings. The number of urea groups is 1. The summed E-state index contributed by atoms with van der Waals surface area (Å²) in [4.78, 5) is 33.1. The standard InChI is InChI=1S/C26H32N4O2/c1-17-14-15-21(16-18(17)2)30-24(28-23-13-9-8-12-22(23)25(30)31)19(3)29(4)26(32)27-20-10-6-5-7-11-20/h8-9,12-16,19-20H,5-7,10-11H2,1-4H3,(H,27,32). The van der Waals surface area contributed by atoms with Crippen LogP contribution in [0.15, 0.2) is 47.3 Å². The average molecular weight is 433 g/mol. The molecule has 1 aliphatic carbocycles.